The average Bonchev–Trinajstić information content (AvgIpc) is 2.65. The molecular formula is C23H28Cl2N2O2. The lowest BCUT2D eigenvalue weighted by Gasteiger charge is -2.34. The van der Waals surface area contributed by atoms with Crippen LogP contribution in [0.3, 0.4) is 0 Å². The molecule has 0 aromatic heterocycles. The fraction of sp³-hybridized carbons (Fsp3) is 0.391. The Balaban J connectivity index is 2.41. The van der Waals surface area contributed by atoms with Crippen LogP contribution in [0.25, 0.3) is 0 Å². The second-order valence-corrected chi connectivity index (χ2v) is 8.90. The van der Waals surface area contributed by atoms with Crippen molar-refractivity contribution in [2.45, 2.75) is 58.7 Å². The van der Waals surface area contributed by atoms with Crippen LogP contribution in [0.1, 0.15) is 45.2 Å². The van der Waals surface area contributed by atoms with E-state index in [2.05, 4.69) is 5.32 Å². The van der Waals surface area contributed by atoms with Crippen LogP contribution < -0.4 is 5.32 Å². The molecule has 0 saturated carbocycles. The number of amides is 2. The lowest BCUT2D eigenvalue weighted by molar-refractivity contribution is -0.141. The number of nitrogens with zero attached hydrogens (tertiary/aromatic N) is 1. The first-order valence-electron chi connectivity index (χ1n) is 9.70. The van der Waals surface area contributed by atoms with Gasteiger partial charge in [-0.3, -0.25) is 9.59 Å². The third-order valence-electron chi connectivity index (χ3n) is 4.43. The fourth-order valence-electron chi connectivity index (χ4n) is 3.04. The molecule has 2 rings (SSSR count). The minimum absolute atomic E-state index is 0.110. The van der Waals surface area contributed by atoms with Gasteiger partial charge in [0.25, 0.3) is 0 Å². The summed E-state index contributed by atoms with van der Waals surface area (Å²) in [6.07, 6.45) is 0.707. The summed E-state index contributed by atoms with van der Waals surface area (Å²) in [4.78, 5) is 27.7. The van der Waals surface area contributed by atoms with Crippen molar-refractivity contribution in [3.63, 3.8) is 0 Å². The first-order chi connectivity index (χ1) is 13.6. The van der Waals surface area contributed by atoms with Gasteiger partial charge in [-0.1, -0.05) is 66.5 Å². The zero-order chi connectivity index (χ0) is 21.6. The molecule has 2 amide bonds. The van der Waals surface area contributed by atoms with E-state index in [1.54, 1.807) is 30.0 Å². The number of hydrogen-bond donors (Lipinski definition) is 1. The Kier molecular flexibility index (Phi) is 8.12. The predicted octanol–water partition coefficient (Wildman–Crippen LogP) is 5.26. The molecule has 2 aromatic rings. The van der Waals surface area contributed by atoms with E-state index in [-0.39, 0.29) is 18.4 Å². The van der Waals surface area contributed by atoms with E-state index < -0.39 is 11.6 Å². The van der Waals surface area contributed by atoms with Gasteiger partial charge in [-0.2, -0.15) is 0 Å². The van der Waals surface area contributed by atoms with Crippen molar-refractivity contribution in [2.24, 2.45) is 0 Å². The molecule has 0 aliphatic heterocycles. The van der Waals surface area contributed by atoms with Crippen molar-refractivity contribution < 1.29 is 9.59 Å². The molecule has 2 aromatic carbocycles. The minimum Gasteiger partial charge on any atom is -0.350 e. The molecular weight excluding hydrogens is 407 g/mol. The lowest BCUT2D eigenvalue weighted by Crippen LogP contribution is -2.54. The Bertz CT molecular complexity index is 848. The van der Waals surface area contributed by atoms with Crippen LogP contribution in [0, 0.1) is 0 Å². The summed E-state index contributed by atoms with van der Waals surface area (Å²) in [6, 6.07) is 14.2. The van der Waals surface area contributed by atoms with Crippen LogP contribution in [0.5, 0.6) is 0 Å². The molecule has 0 heterocycles. The normalized spacial score (nSPS) is 12.3. The minimum atomic E-state index is -0.657. The van der Waals surface area contributed by atoms with Crippen LogP contribution in [0.2, 0.25) is 10.0 Å². The Morgan fingerprint density at radius 3 is 2.28 bits per heavy atom. The second-order valence-electron chi connectivity index (χ2n) is 8.06. The standard InChI is InChI=1S/C23H28Cl2N2O2/c1-5-21(28)27(15-17-11-12-18(24)14-19(17)25)20(22(29)26-23(2,3)4)13-16-9-7-6-8-10-16/h6-12,14,20H,5,13,15H2,1-4H3,(H,26,29). The summed E-state index contributed by atoms with van der Waals surface area (Å²) >= 11 is 12.4. The molecule has 0 bridgehead atoms. The lowest BCUT2D eigenvalue weighted by atomic mass is 10.0. The second kappa shape index (κ2) is 10.1. The third-order valence-corrected chi connectivity index (χ3v) is 5.01. The Morgan fingerprint density at radius 1 is 1.07 bits per heavy atom. The molecule has 1 atom stereocenters. The van der Waals surface area contributed by atoms with E-state index in [0.717, 1.165) is 11.1 Å². The van der Waals surface area contributed by atoms with E-state index in [4.69, 9.17) is 23.2 Å². The van der Waals surface area contributed by atoms with E-state index in [1.165, 1.54) is 0 Å². The summed E-state index contributed by atoms with van der Waals surface area (Å²) in [5.74, 6) is -0.297. The highest BCUT2D eigenvalue weighted by Crippen LogP contribution is 2.24. The molecule has 0 radical (unpaired) electrons. The first-order valence-corrected chi connectivity index (χ1v) is 10.5. The smallest absolute Gasteiger partial charge is 0.243 e. The van der Waals surface area contributed by atoms with E-state index in [0.29, 0.717) is 22.9 Å². The van der Waals surface area contributed by atoms with Gasteiger partial charge < -0.3 is 10.2 Å². The summed E-state index contributed by atoms with van der Waals surface area (Å²) in [7, 11) is 0. The molecule has 0 fully saturated rings. The molecule has 1 N–H and O–H groups in total. The van der Waals surface area contributed by atoms with Gasteiger partial charge in [-0.05, 0) is 44.0 Å². The van der Waals surface area contributed by atoms with Gasteiger partial charge in [0.2, 0.25) is 11.8 Å². The van der Waals surface area contributed by atoms with Gasteiger partial charge in [0.15, 0.2) is 0 Å². The molecule has 156 valence electrons. The maximum atomic E-state index is 13.2. The van der Waals surface area contributed by atoms with Crippen molar-refractivity contribution in [3.8, 4) is 0 Å². The highest BCUT2D eigenvalue weighted by molar-refractivity contribution is 6.35. The highest BCUT2D eigenvalue weighted by atomic mass is 35.5. The maximum absolute atomic E-state index is 13.2. The van der Waals surface area contributed by atoms with Gasteiger partial charge >= 0.3 is 0 Å². The van der Waals surface area contributed by atoms with Gasteiger partial charge in [-0.15, -0.1) is 0 Å². The number of carbonyl (C=O) groups excluding carboxylic acids is 2. The van der Waals surface area contributed by atoms with E-state index in [9.17, 15) is 9.59 Å². The van der Waals surface area contributed by atoms with Gasteiger partial charge in [-0.25, -0.2) is 0 Å². The summed E-state index contributed by atoms with van der Waals surface area (Å²) in [5.41, 5.74) is 1.32. The van der Waals surface area contributed by atoms with Crippen LogP contribution in [0.4, 0.5) is 0 Å². The quantitative estimate of drug-likeness (QED) is 0.645. The maximum Gasteiger partial charge on any atom is 0.243 e. The van der Waals surface area contributed by atoms with Crippen molar-refractivity contribution >= 4 is 35.0 Å². The number of nitrogens with one attached hydrogen (secondary N) is 1. The number of benzene rings is 2. The summed E-state index contributed by atoms with van der Waals surface area (Å²) in [6.45, 7) is 7.79. The van der Waals surface area contributed by atoms with Gasteiger partial charge in [0.05, 0.1) is 0 Å². The van der Waals surface area contributed by atoms with E-state index >= 15 is 0 Å². The monoisotopic (exact) mass is 434 g/mol. The van der Waals surface area contributed by atoms with Crippen molar-refractivity contribution in [1.29, 1.82) is 0 Å². The highest BCUT2D eigenvalue weighted by Gasteiger charge is 2.31. The molecule has 29 heavy (non-hydrogen) atoms. The third kappa shape index (κ3) is 7.06. The molecule has 0 aliphatic rings. The fourth-order valence-corrected chi connectivity index (χ4v) is 3.51. The van der Waals surface area contributed by atoms with E-state index in [1.807, 2.05) is 51.1 Å². The number of carbonyl (C=O) groups is 2. The Labute approximate surface area is 183 Å². The topological polar surface area (TPSA) is 49.4 Å². The average molecular weight is 435 g/mol. The van der Waals surface area contributed by atoms with Crippen LogP contribution in [-0.4, -0.2) is 28.3 Å². The Morgan fingerprint density at radius 2 is 1.72 bits per heavy atom. The number of hydrogen-bond acceptors (Lipinski definition) is 2. The summed E-state index contributed by atoms with van der Waals surface area (Å²) < 4.78 is 0. The molecule has 0 aliphatic carbocycles. The van der Waals surface area contributed by atoms with Gasteiger partial charge in [0.1, 0.15) is 6.04 Å². The predicted molar refractivity (Wildman–Crippen MR) is 119 cm³/mol. The Hall–Kier alpha value is -2.04. The van der Waals surface area contributed by atoms with Crippen LogP contribution in [-0.2, 0) is 22.6 Å². The first kappa shape index (κ1) is 23.2. The molecule has 4 nitrogen and oxygen atoms in total. The largest absolute Gasteiger partial charge is 0.350 e. The van der Waals surface area contributed by atoms with Crippen LogP contribution >= 0.6 is 23.2 Å². The SMILES string of the molecule is CCC(=O)N(Cc1ccc(Cl)cc1Cl)C(Cc1ccccc1)C(=O)NC(C)(C)C. The molecule has 0 spiro atoms. The number of halogens is 2. The van der Waals surface area contributed by atoms with Crippen LogP contribution in [0.15, 0.2) is 48.5 Å². The molecule has 1 unspecified atom stereocenters. The number of rotatable bonds is 7. The van der Waals surface area contributed by atoms with Crippen molar-refractivity contribution in [1.82, 2.24) is 10.2 Å². The van der Waals surface area contributed by atoms with Gasteiger partial charge in [0, 0.05) is 35.0 Å². The summed E-state index contributed by atoms with van der Waals surface area (Å²) in [5, 5.41) is 4.02. The molecule has 0 saturated heterocycles. The van der Waals surface area contributed by atoms with Crippen molar-refractivity contribution in [2.75, 3.05) is 0 Å². The van der Waals surface area contributed by atoms with Crippen molar-refractivity contribution in [3.05, 3.63) is 69.7 Å². The zero-order valence-corrected chi connectivity index (χ0v) is 18.8. The molecule has 6 heteroatoms. The zero-order valence-electron chi connectivity index (χ0n) is 17.3.